The molecule has 2 aromatic rings. The summed E-state index contributed by atoms with van der Waals surface area (Å²) in [7, 11) is 1.59. The van der Waals surface area contributed by atoms with Gasteiger partial charge >= 0.3 is 6.18 Å². The Hall–Kier alpha value is -2.62. The molecule has 2 N–H and O–H groups in total. The number of aliphatic imine (C=N–C) groups is 1. The van der Waals surface area contributed by atoms with Crippen LogP contribution >= 0.6 is 0 Å². The predicted octanol–water partition coefficient (Wildman–Crippen LogP) is 2.24. The van der Waals surface area contributed by atoms with Crippen LogP contribution in [0.5, 0.6) is 0 Å². The van der Waals surface area contributed by atoms with E-state index in [1.165, 1.54) is 6.07 Å². The zero-order chi connectivity index (χ0) is 20.4. The number of methoxy groups -OCH3 is 1. The normalized spacial score (nSPS) is 12.2. The van der Waals surface area contributed by atoms with Crippen molar-refractivity contribution in [1.29, 1.82) is 0 Å². The Labute approximate surface area is 162 Å². The zero-order valence-electron chi connectivity index (χ0n) is 16.0. The summed E-state index contributed by atoms with van der Waals surface area (Å²) in [6, 6.07) is 5.17. The smallest absolute Gasteiger partial charge is 0.383 e. The van der Waals surface area contributed by atoms with Crippen LogP contribution in [0.4, 0.5) is 13.2 Å². The van der Waals surface area contributed by atoms with E-state index in [0.29, 0.717) is 37.8 Å². The number of nitrogens with one attached hydrogen (secondary N) is 2. The quantitative estimate of drug-likeness (QED) is 0.385. The Morgan fingerprint density at radius 1 is 1.25 bits per heavy atom. The summed E-state index contributed by atoms with van der Waals surface area (Å²) < 4.78 is 45.5. The number of guanidine groups is 1. The molecule has 0 saturated carbocycles. The van der Waals surface area contributed by atoms with Crippen LogP contribution in [0.25, 0.3) is 0 Å². The fraction of sp³-hybridized carbons (Fsp3) is 0.500. The van der Waals surface area contributed by atoms with Gasteiger partial charge in [0.2, 0.25) is 0 Å². The maximum atomic E-state index is 12.8. The number of alkyl halides is 3. The lowest BCUT2D eigenvalue weighted by molar-refractivity contribution is -0.137. The standard InChI is InChI=1S/C18H25F3N6O/c1-3-16-26-25-13-27(16)9-7-22-17(23-8-10-28-2)24-12-14-5-4-6-15(11-14)18(19,20)21/h4-6,11,13H,3,7-10,12H2,1-2H3,(H2,22,23,24). The van der Waals surface area contributed by atoms with Gasteiger partial charge in [-0.25, -0.2) is 4.99 Å². The molecule has 0 atom stereocenters. The number of benzene rings is 1. The molecule has 7 nitrogen and oxygen atoms in total. The Balaban J connectivity index is 1.99. The third-order valence-electron chi connectivity index (χ3n) is 3.93. The van der Waals surface area contributed by atoms with Gasteiger partial charge in [0.1, 0.15) is 12.2 Å². The molecule has 0 bridgehead atoms. The van der Waals surface area contributed by atoms with Crippen LogP contribution < -0.4 is 10.6 Å². The average Bonchev–Trinajstić information content (AvgIpc) is 3.13. The molecular weight excluding hydrogens is 373 g/mol. The van der Waals surface area contributed by atoms with Crippen molar-refractivity contribution < 1.29 is 17.9 Å². The van der Waals surface area contributed by atoms with Gasteiger partial charge in [-0.3, -0.25) is 0 Å². The number of ether oxygens (including phenoxy) is 1. The van der Waals surface area contributed by atoms with Gasteiger partial charge in [-0.2, -0.15) is 13.2 Å². The second-order valence-corrected chi connectivity index (χ2v) is 6.00. The van der Waals surface area contributed by atoms with Crippen LogP contribution in [-0.4, -0.2) is 47.5 Å². The number of hydrogen-bond donors (Lipinski definition) is 2. The lowest BCUT2D eigenvalue weighted by atomic mass is 10.1. The van der Waals surface area contributed by atoms with Gasteiger partial charge in [0.05, 0.1) is 18.7 Å². The van der Waals surface area contributed by atoms with Gasteiger partial charge in [-0.1, -0.05) is 19.1 Å². The topological polar surface area (TPSA) is 76.4 Å². The molecule has 0 aliphatic carbocycles. The van der Waals surface area contributed by atoms with Crippen molar-refractivity contribution >= 4 is 5.96 Å². The number of aryl methyl sites for hydroxylation is 1. The highest BCUT2D eigenvalue weighted by Crippen LogP contribution is 2.29. The van der Waals surface area contributed by atoms with Crippen LogP contribution in [0.1, 0.15) is 23.9 Å². The number of hydrogen-bond acceptors (Lipinski definition) is 4. The highest BCUT2D eigenvalue weighted by atomic mass is 19.4. The van der Waals surface area contributed by atoms with Crippen LogP contribution in [0, 0.1) is 0 Å². The zero-order valence-corrected chi connectivity index (χ0v) is 16.0. The molecule has 0 radical (unpaired) electrons. The molecule has 0 spiro atoms. The van der Waals surface area contributed by atoms with Gasteiger partial charge < -0.3 is 19.9 Å². The fourth-order valence-electron chi connectivity index (χ4n) is 2.50. The molecule has 1 heterocycles. The van der Waals surface area contributed by atoms with Crippen LogP contribution in [0.2, 0.25) is 0 Å². The Morgan fingerprint density at radius 2 is 2.04 bits per heavy atom. The molecule has 1 aromatic carbocycles. The second kappa shape index (κ2) is 10.6. The van der Waals surface area contributed by atoms with Gasteiger partial charge in [-0.15, -0.1) is 10.2 Å². The van der Waals surface area contributed by atoms with Gasteiger partial charge in [0, 0.05) is 33.2 Å². The van der Waals surface area contributed by atoms with Gasteiger partial charge in [0.15, 0.2) is 5.96 Å². The van der Waals surface area contributed by atoms with Gasteiger partial charge in [-0.05, 0) is 17.7 Å². The maximum absolute atomic E-state index is 12.8. The lowest BCUT2D eigenvalue weighted by Crippen LogP contribution is -2.40. The minimum atomic E-state index is -4.37. The first kappa shape index (κ1) is 21.7. The summed E-state index contributed by atoms with van der Waals surface area (Å²) >= 11 is 0. The van der Waals surface area contributed by atoms with Crippen LogP contribution in [0.15, 0.2) is 35.6 Å². The third kappa shape index (κ3) is 6.84. The number of halogens is 3. The Bertz CT molecular complexity index is 760. The van der Waals surface area contributed by atoms with E-state index in [1.807, 2.05) is 11.5 Å². The predicted molar refractivity (Wildman–Crippen MR) is 99.9 cm³/mol. The fourth-order valence-corrected chi connectivity index (χ4v) is 2.50. The summed E-state index contributed by atoms with van der Waals surface area (Å²) in [6.45, 7) is 4.34. The molecule has 1 aromatic heterocycles. The van der Waals surface area contributed by atoms with Crippen molar-refractivity contribution in [3.05, 3.63) is 47.5 Å². The van der Waals surface area contributed by atoms with E-state index < -0.39 is 11.7 Å². The minimum absolute atomic E-state index is 0.124. The van der Waals surface area contributed by atoms with E-state index >= 15 is 0 Å². The monoisotopic (exact) mass is 398 g/mol. The maximum Gasteiger partial charge on any atom is 0.416 e. The summed E-state index contributed by atoms with van der Waals surface area (Å²) in [5.74, 6) is 1.39. The van der Waals surface area contributed by atoms with Crippen molar-refractivity contribution in [3.8, 4) is 0 Å². The van der Waals surface area contributed by atoms with Crippen molar-refractivity contribution in [2.75, 3.05) is 26.8 Å². The van der Waals surface area contributed by atoms with Crippen molar-refractivity contribution in [3.63, 3.8) is 0 Å². The molecule has 2 rings (SSSR count). The number of rotatable bonds is 9. The first-order valence-electron chi connectivity index (χ1n) is 8.98. The summed E-state index contributed by atoms with van der Waals surface area (Å²) in [5, 5.41) is 14.2. The molecule has 10 heteroatoms. The van der Waals surface area contributed by atoms with Crippen LogP contribution in [-0.2, 0) is 30.4 Å². The molecule has 0 saturated heterocycles. The highest BCUT2D eigenvalue weighted by Gasteiger charge is 2.30. The Kier molecular flexibility index (Phi) is 8.24. The first-order valence-corrected chi connectivity index (χ1v) is 8.98. The van der Waals surface area contributed by atoms with E-state index in [2.05, 4.69) is 25.8 Å². The molecule has 0 aliphatic rings. The van der Waals surface area contributed by atoms with E-state index in [4.69, 9.17) is 4.74 Å². The molecule has 154 valence electrons. The van der Waals surface area contributed by atoms with E-state index in [0.717, 1.165) is 24.4 Å². The van der Waals surface area contributed by atoms with Crippen molar-refractivity contribution in [2.45, 2.75) is 32.6 Å². The largest absolute Gasteiger partial charge is 0.416 e. The Morgan fingerprint density at radius 3 is 2.75 bits per heavy atom. The number of nitrogens with zero attached hydrogens (tertiary/aromatic N) is 4. The van der Waals surface area contributed by atoms with E-state index in [9.17, 15) is 13.2 Å². The molecule has 0 fully saturated rings. The SMILES string of the molecule is CCc1nncn1CCNC(=NCc1cccc(C(F)(F)F)c1)NCCOC. The summed E-state index contributed by atoms with van der Waals surface area (Å²) in [4.78, 5) is 4.38. The van der Waals surface area contributed by atoms with Crippen molar-refractivity contribution in [1.82, 2.24) is 25.4 Å². The molecule has 0 aliphatic heterocycles. The van der Waals surface area contributed by atoms with Crippen LogP contribution in [0.3, 0.4) is 0 Å². The number of aromatic nitrogens is 3. The average molecular weight is 398 g/mol. The molecule has 0 unspecified atom stereocenters. The first-order chi connectivity index (χ1) is 13.4. The van der Waals surface area contributed by atoms with E-state index in [1.54, 1.807) is 19.5 Å². The van der Waals surface area contributed by atoms with Gasteiger partial charge in [0.25, 0.3) is 0 Å². The third-order valence-corrected chi connectivity index (χ3v) is 3.93. The highest BCUT2D eigenvalue weighted by molar-refractivity contribution is 5.79. The molecule has 28 heavy (non-hydrogen) atoms. The van der Waals surface area contributed by atoms with E-state index in [-0.39, 0.29) is 6.54 Å². The van der Waals surface area contributed by atoms with Crippen molar-refractivity contribution in [2.24, 2.45) is 4.99 Å². The summed E-state index contributed by atoms with van der Waals surface area (Å²) in [6.07, 6.45) is -1.92. The molecular formula is C18H25F3N6O. The minimum Gasteiger partial charge on any atom is -0.383 e. The second-order valence-electron chi connectivity index (χ2n) is 6.00. The summed E-state index contributed by atoms with van der Waals surface area (Å²) in [5.41, 5.74) is -0.198. The lowest BCUT2D eigenvalue weighted by Gasteiger charge is -2.13. The molecule has 0 amide bonds.